The highest BCUT2D eigenvalue weighted by Crippen LogP contribution is 2.33. The predicted octanol–water partition coefficient (Wildman–Crippen LogP) is 6.61. The van der Waals surface area contributed by atoms with Crippen LogP contribution >= 0.6 is 23.2 Å². The number of sulfonamides is 1. The van der Waals surface area contributed by atoms with E-state index in [-0.39, 0.29) is 41.1 Å². The van der Waals surface area contributed by atoms with Gasteiger partial charge >= 0.3 is 0 Å². The molecule has 1 atom stereocenters. The lowest BCUT2D eigenvalue weighted by Gasteiger charge is -2.34. The first-order chi connectivity index (χ1) is 22.0. The Morgan fingerprint density at radius 2 is 1.41 bits per heavy atom. The number of hydrogen-bond donors (Lipinski definition) is 1. The van der Waals surface area contributed by atoms with E-state index < -0.39 is 28.5 Å². The van der Waals surface area contributed by atoms with Crippen LogP contribution < -0.4 is 14.4 Å². The van der Waals surface area contributed by atoms with Gasteiger partial charge in [-0.1, -0.05) is 104 Å². The predicted molar refractivity (Wildman–Crippen MR) is 183 cm³/mol. The third-order valence-electron chi connectivity index (χ3n) is 7.31. The molecule has 0 bridgehead atoms. The van der Waals surface area contributed by atoms with Crippen molar-refractivity contribution in [1.82, 2.24) is 10.2 Å². The molecule has 2 amide bonds. The van der Waals surface area contributed by atoms with Crippen LogP contribution in [0.25, 0.3) is 0 Å². The molecule has 0 aliphatic heterocycles. The van der Waals surface area contributed by atoms with E-state index in [0.29, 0.717) is 22.2 Å². The molecule has 1 unspecified atom stereocenters. The number of benzene rings is 4. The summed E-state index contributed by atoms with van der Waals surface area (Å²) < 4.78 is 34.9. The van der Waals surface area contributed by atoms with E-state index in [0.717, 1.165) is 9.87 Å². The number of nitrogens with zero attached hydrogens (tertiary/aromatic N) is 2. The van der Waals surface area contributed by atoms with E-state index in [1.807, 2.05) is 44.2 Å². The number of carbonyl (C=O) groups excluding carboxylic acids is 2. The smallest absolute Gasteiger partial charge is 0.264 e. The summed E-state index contributed by atoms with van der Waals surface area (Å²) in [5.41, 5.74) is 1.42. The molecule has 0 radical (unpaired) electrons. The Hall–Kier alpha value is -4.05. The first-order valence-corrected chi connectivity index (χ1v) is 17.0. The Morgan fingerprint density at radius 3 is 2.02 bits per heavy atom. The number of methoxy groups -OCH3 is 1. The maximum atomic E-state index is 14.6. The highest BCUT2D eigenvalue weighted by molar-refractivity contribution is 7.92. The molecule has 0 aliphatic carbocycles. The molecule has 11 heteroatoms. The van der Waals surface area contributed by atoms with Crippen molar-refractivity contribution in [3.8, 4) is 5.75 Å². The van der Waals surface area contributed by atoms with Crippen molar-refractivity contribution in [1.29, 1.82) is 0 Å². The molecular weight excluding hydrogens is 645 g/mol. The molecule has 0 aromatic heterocycles. The van der Waals surface area contributed by atoms with Crippen LogP contribution in [0, 0.1) is 5.92 Å². The van der Waals surface area contributed by atoms with Crippen LogP contribution in [0.4, 0.5) is 5.69 Å². The molecule has 4 aromatic carbocycles. The van der Waals surface area contributed by atoms with Crippen molar-refractivity contribution >= 4 is 50.7 Å². The number of rotatable bonds is 14. The first-order valence-electron chi connectivity index (χ1n) is 14.8. The van der Waals surface area contributed by atoms with Crippen molar-refractivity contribution in [2.45, 2.75) is 37.8 Å². The van der Waals surface area contributed by atoms with Gasteiger partial charge in [-0.25, -0.2) is 8.42 Å². The molecule has 0 saturated heterocycles. The fourth-order valence-electron chi connectivity index (χ4n) is 4.90. The van der Waals surface area contributed by atoms with Crippen LogP contribution in [0.5, 0.6) is 5.75 Å². The van der Waals surface area contributed by atoms with Gasteiger partial charge in [0.15, 0.2) is 0 Å². The number of halogens is 2. The molecule has 0 heterocycles. The molecule has 0 saturated carbocycles. The number of amides is 2. The Morgan fingerprint density at radius 1 is 0.826 bits per heavy atom. The van der Waals surface area contributed by atoms with Gasteiger partial charge in [0.05, 0.1) is 17.7 Å². The summed E-state index contributed by atoms with van der Waals surface area (Å²) in [7, 11) is -2.85. The van der Waals surface area contributed by atoms with Crippen LogP contribution in [0.2, 0.25) is 10.0 Å². The number of para-hydroxylation sites is 2. The van der Waals surface area contributed by atoms with Crippen LogP contribution in [-0.4, -0.2) is 51.4 Å². The summed E-state index contributed by atoms with van der Waals surface area (Å²) in [4.78, 5) is 29.9. The van der Waals surface area contributed by atoms with Gasteiger partial charge in [-0.05, 0) is 47.9 Å². The molecular formula is C35H37Cl2N3O5S. The van der Waals surface area contributed by atoms with Crippen molar-refractivity contribution in [3.63, 3.8) is 0 Å². The SMILES string of the molecule is COc1ccccc1N(CC(=O)N(Cc1c(Cl)cccc1Cl)C(Cc1ccccc1)C(=O)NCC(C)C)S(=O)(=O)c1ccccc1. The minimum absolute atomic E-state index is 0.00934. The first kappa shape index (κ1) is 34.8. The molecule has 242 valence electrons. The number of anilines is 1. The second kappa shape index (κ2) is 16.0. The monoisotopic (exact) mass is 681 g/mol. The van der Waals surface area contributed by atoms with Gasteiger partial charge in [-0.2, -0.15) is 0 Å². The van der Waals surface area contributed by atoms with Crippen molar-refractivity contribution in [3.05, 3.63) is 124 Å². The summed E-state index contributed by atoms with van der Waals surface area (Å²) in [5, 5.41) is 3.58. The molecule has 0 spiro atoms. The number of hydrogen-bond acceptors (Lipinski definition) is 5. The minimum atomic E-state index is -4.28. The van der Waals surface area contributed by atoms with Gasteiger partial charge in [0, 0.05) is 35.1 Å². The second-order valence-electron chi connectivity index (χ2n) is 11.1. The van der Waals surface area contributed by atoms with E-state index in [1.54, 1.807) is 60.7 Å². The Bertz CT molecular complexity index is 1720. The van der Waals surface area contributed by atoms with E-state index >= 15 is 0 Å². The van der Waals surface area contributed by atoms with Crippen LogP contribution in [0.1, 0.15) is 25.0 Å². The van der Waals surface area contributed by atoms with Gasteiger partial charge < -0.3 is 15.0 Å². The van der Waals surface area contributed by atoms with E-state index in [9.17, 15) is 18.0 Å². The topological polar surface area (TPSA) is 96.0 Å². The third-order valence-corrected chi connectivity index (χ3v) is 9.79. The maximum Gasteiger partial charge on any atom is 0.264 e. The summed E-state index contributed by atoms with van der Waals surface area (Å²) in [6, 6.07) is 27.7. The zero-order valence-electron chi connectivity index (χ0n) is 25.9. The standard InChI is InChI=1S/C35H37Cl2N3O5S/c1-25(2)22-38-35(42)32(21-26-13-6-4-7-14-26)39(23-28-29(36)17-12-18-30(28)37)34(41)24-40(31-19-10-11-20-33(31)45-3)46(43,44)27-15-8-5-9-16-27/h4-20,25,32H,21-24H2,1-3H3,(H,38,42). The van der Waals surface area contributed by atoms with Gasteiger partial charge in [-0.15, -0.1) is 0 Å². The maximum absolute atomic E-state index is 14.6. The summed E-state index contributed by atoms with van der Waals surface area (Å²) in [6.07, 6.45) is 0.165. The fraction of sp³-hybridized carbons (Fsp3) is 0.257. The Balaban J connectivity index is 1.85. The van der Waals surface area contributed by atoms with Gasteiger partial charge in [-0.3, -0.25) is 13.9 Å². The Kier molecular flexibility index (Phi) is 12.1. The number of carbonyl (C=O) groups is 2. The summed E-state index contributed by atoms with van der Waals surface area (Å²) in [6.45, 7) is 3.54. The van der Waals surface area contributed by atoms with Crippen LogP contribution in [-0.2, 0) is 32.6 Å². The molecule has 0 aliphatic rings. The zero-order valence-corrected chi connectivity index (χ0v) is 28.2. The average Bonchev–Trinajstić information content (AvgIpc) is 3.06. The fourth-order valence-corrected chi connectivity index (χ4v) is 6.86. The largest absolute Gasteiger partial charge is 0.495 e. The molecule has 4 rings (SSSR count). The molecule has 0 fully saturated rings. The minimum Gasteiger partial charge on any atom is -0.495 e. The van der Waals surface area contributed by atoms with Gasteiger partial charge in [0.25, 0.3) is 10.0 Å². The highest BCUT2D eigenvalue weighted by Gasteiger charge is 2.36. The van der Waals surface area contributed by atoms with Gasteiger partial charge in [0.1, 0.15) is 18.3 Å². The lowest BCUT2D eigenvalue weighted by atomic mass is 10.0. The quantitative estimate of drug-likeness (QED) is 0.162. The van der Waals surface area contributed by atoms with Crippen LogP contribution in [0.15, 0.2) is 108 Å². The van der Waals surface area contributed by atoms with Crippen LogP contribution in [0.3, 0.4) is 0 Å². The number of nitrogens with one attached hydrogen (secondary N) is 1. The van der Waals surface area contributed by atoms with Crippen molar-refractivity contribution in [2.75, 3.05) is 24.5 Å². The molecule has 8 nitrogen and oxygen atoms in total. The highest BCUT2D eigenvalue weighted by atomic mass is 35.5. The molecule has 4 aromatic rings. The van der Waals surface area contributed by atoms with Gasteiger partial charge in [0.2, 0.25) is 11.8 Å². The number of ether oxygens (including phenoxy) is 1. The molecule has 46 heavy (non-hydrogen) atoms. The molecule has 1 N–H and O–H groups in total. The average molecular weight is 683 g/mol. The summed E-state index contributed by atoms with van der Waals surface area (Å²) >= 11 is 13.1. The Labute approximate surface area is 280 Å². The lowest BCUT2D eigenvalue weighted by molar-refractivity contribution is -0.140. The zero-order chi connectivity index (χ0) is 33.3. The van der Waals surface area contributed by atoms with Crippen molar-refractivity contribution in [2.24, 2.45) is 5.92 Å². The lowest BCUT2D eigenvalue weighted by Crippen LogP contribution is -2.53. The summed E-state index contributed by atoms with van der Waals surface area (Å²) in [5.74, 6) is -0.613. The van der Waals surface area contributed by atoms with E-state index in [2.05, 4.69) is 5.32 Å². The normalized spacial score (nSPS) is 12.0. The third kappa shape index (κ3) is 8.60. The van der Waals surface area contributed by atoms with E-state index in [4.69, 9.17) is 27.9 Å². The second-order valence-corrected chi connectivity index (χ2v) is 13.7. The van der Waals surface area contributed by atoms with E-state index in [1.165, 1.54) is 24.1 Å². The van der Waals surface area contributed by atoms with Crippen molar-refractivity contribution < 1.29 is 22.7 Å².